The van der Waals surface area contributed by atoms with Crippen molar-refractivity contribution in [2.75, 3.05) is 0 Å². The van der Waals surface area contributed by atoms with Gasteiger partial charge < -0.3 is 4.74 Å². The van der Waals surface area contributed by atoms with Gasteiger partial charge in [-0.2, -0.15) is 0 Å². The van der Waals surface area contributed by atoms with Crippen molar-refractivity contribution in [1.29, 1.82) is 0 Å². The lowest BCUT2D eigenvalue weighted by molar-refractivity contribution is 0.240. The van der Waals surface area contributed by atoms with E-state index in [0.717, 1.165) is 0 Å². The third kappa shape index (κ3) is 1.74. The first-order valence-electron chi connectivity index (χ1n) is 6.02. The first-order chi connectivity index (χ1) is 8.90. The van der Waals surface area contributed by atoms with Crippen molar-refractivity contribution >= 4 is 21.5 Å². The van der Waals surface area contributed by atoms with Gasteiger partial charge in [0.1, 0.15) is 6.61 Å². The van der Waals surface area contributed by atoms with Crippen LogP contribution in [0.4, 0.5) is 0 Å². The Morgan fingerprint density at radius 3 is 2.00 bits per heavy atom. The second kappa shape index (κ2) is 4.53. The highest BCUT2D eigenvalue weighted by Gasteiger charge is 2.06. The molecule has 0 unspecified atom stereocenters. The van der Waals surface area contributed by atoms with Gasteiger partial charge in [0.2, 0.25) is 0 Å². The Morgan fingerprint density at radius 2 is 1.44 bits per heavy atom. The number of rotatable bonds is 3. The molecule has 0 bridgehead atoms. The van der Waals surface area contributed by atoms with E-state index in [-0.39, 0.29) is 0 Å². The second-order valence-corrected chi connectivity index (χ2v) is 4.28. The average Bonchev–Trinajstić information content (AvgIpc) is 2.43. The van der Waals surface area contributed by atoms with Crippen LogP contribution in [0.25, 0.3) is 21.5 Å². The van der Waals surface area contributed by atoms with E-state index in [1.165, 1.54) is 33.4 Å². The van der Waals surface area contributed by atoms with Crippen molar-refractivity contribution < 1.29 is 4.74 Å². The third-order valence-electron chi connectivity index (χ3n) is 3.23. The Labute approximate surface area is 106 Å². The van der Waals surface area contributed by atoms with E-state index in [0.29, 0.717) is 6.61 Å². The number of ether oxygens (including phenoxy) is 1. The molecule has 3 aromatic carbocycles. The maximum absolute atomic E-state index is 5.40. The van der Waals surface area contributed by atoms with E-state index in [2.05, 4.69) is 61.2 Å². The van der Waals surface area contributed by atoms with Crippen molar-refractivity contribution in [1.82, 2.24) is 0 Å². The minimum absolute atomic E-state index is 0.561. The van der Waals surface area contributed by atoms with Crippen LogP contribution in [0.5, 0.6) is 0 Å². The first kappa shape index (κ1) is 10.8. The predicted molar refractivity (Wildman–Crippen MR) is 76.4 cm³/mol. The summed E-state index contributed by atoms with van der Waals surface area (Å²) in [6, 6.07) is 19.0. The van der Waals surface area contributed by atoms with Crippen LogP contribution in [-0.2, 0) is 11.3 Å². The highest BCUT2D eigenvalue weighted by atomic mass is 16.5. The minimum Gasteiger partial charge on any atom is -0.497 e. The number of benzene rings is 3. The molecule has 88 valence electrons. The molecule has 0 fully saturated rings. The molecule has 0 saturated carbocycles. The summed E-state index contributed by atoms with van der Waals surface area (Å²) in [7, 11) is 0. The van der Waals surface area contributed by atoms with E-state index in [1.807, 2.05) is 0 Å². The lowest BCUT2D eigenvalue weighted by Crippen LogP contribution is -1.91. The van der Waals surface area contributed by atoms with Crippen molar-refractivity contribution in [3.8, 4) is 0 Å². The summed E-state index contributed by atoms with van der Waals surface area (Å²) >= 11 is 0. The molecule has 0 N–H and O–H groups in total. The van der Waals surface area contributed by atoms with Gasteiger partial charge in [0.15, 0.2) is 0 Å². The van der Waals surface area contributed by atoms with Crippen molar-refractivity contribution in [2.24, 2.45) is 0 Å². The molecule has 0 atom stereocenters. The summed E-state index contributed by atoms with van der Waals surface area (Å²) < 4.78 is 5.40. The first-order valence-corrected chi connectivity index (χ1v) is 6.02. The van der Waals surface area contributed by atoms with Gasteiger partial charge >= 0.3 is 0 Å². The molecule has 1 heteroatoms. The fourth-order valence-corrected chi connectivity index (χ4v) is 2.41. The highest BCUT2D eigenvalue weighted by Crippen LogP contribution is 2.28. The predicted octanol–water partition coefficient (Wildman–Crippen LogP) is 4.65. The average molecular weight is 234 g/mol. The summed E-state index contributed by atoms with van der Waals surface area (Å²) in [6.45, 7) is 4.17. The van der Waals surface area contributed by atoms with E-state index >= 15 is 0 Å². The number of hydrogen-bond acceptors (Lipinski definition) is 1. The Kier molecular flexibility index (Phi) is 2.73. The zero-order chi connectivity index (χ0) is 12.4. The van der Waals surface area contributed by atoms with Gasteiger partial charge in [-0.25, -0.2) is 0 Å². The normalized spacial score (nSPS) is 10.7. The zero-order valence-corrected chi connectivity index (χ0v) is 10.1. The van der Waals surface area contributed by atoms with Gasteiger partial charge in [-0.1, -0.05) is 55.1 Å². The lowest BCUT2D eigenvalue weighted by atomic mass is 9.97. The van der Waals surface area contributed by atoms with Crippen LogP contribution in [0.1, 0.15) is 5.56 Å². The summed E-state index contributed by atoms with van der Waals surface area (Å²) in [5, 5.41) is 4.99. The van der Waals surface area contributed by atoms with Gasteiger partial charge in [-0.3, -0.25) is 0 Å². The Morgan fingerprint density at radius 1 is 0.889 bits per heavy atom. The molecule has 3 aromatic rings. The van der Waals surface area contributed by atoms with E-state index in [4.69, 9.17) is 4.74 Å². The monoisotopic (exact) mass is 234 g/mol. The molecular weight excluding hydrogens is 220 g/mol. The van der Waals surface area contributed by atoms with Crippen LogP contribution in [-0.4, -0.2) is 0 Å². The van der Waals surface area contributed by atoms with Crippen LogP contribution in [0.2, 0.25) is 0 Å². The zero-order valence-electron chi connectivity index (χ0n) is 10.1. The molecular formula is C17H14O. The quantitative estimate of drug-likeness (QED) is 0.473. The van der Waals surface area contributed by atoms with Crippen molar-refractivity contribution in [3.63, 3.8) is 0 Å². The molecule has 1 nitrogen and oxygen atoms in total. The Balaban J connectivity index is 2.37. The van der Waals surface area contributed by atoms with Crippen LogP contribution >= 0.6 is 0 Å². The molecule has 0 aromatic heterocycles. The van der Waals surface area contributed by atoms with Gasteiger partial charge in [-0.15, -0.1) is 0 Å². The minimum atomic E-state index is 0.561. The molecule has 3 rings (SSSR count). The van der Waals surface area contributed by atoms with Gasteiger partial charge in [0.25, 0.3) is 0 Å². The van der Waals surface area contributed by atoms with Gasteiger partial charge in [0, 0.05) is 5.56 Å². The maximum Gasteiger partial charge on any atom is 0.114 e. The van der Waals surface area contributed by atoms with Gasteiger partial charge in [0.05, 0.1) is 6.26 Å². The molecule has 0 amide bonds. The molecule has 0 saturated heterocycles. The van der Waals surface area contributed by atoms with E-state index in [1.54, 1.807) is 0 Å². The summed E-state index contributed by atoms with van der Waals surface area (Å²) in [6.07, 6.45) is 1.50. The molecule has 0 aliphatic rings. The SMILES string of the molecule is C=COCc1c2ccccc2cc2ccccc12. The Hall–Kier alpha value is -2.28. The van der Waals surface area contributed by atoms with E-state index < -0.39 is 0 Å². The Bertz CT molecular complexity index is 659. The third-order valence-corrected chi connectivity index (χ3v) is 3.23. The van der Waals surface area contributed by atoms with Crippen LogP contribution in [0.3, 0.4) is 0 Å². The number of fused-ring (bicyclic) bond motifs is 2. The summed E-state index contributed by atoms with van der Waals surface area (Å²) in [5.41, 5.74) is 1.23. The molecule has 0 heterocycles. The summed E-state index contributed by atoms with van der Waals surface area (Å²) in [4.78, 5) is 0. The number of hydrogen-bond donors (Lipinski definition) is 0. The van der Waals surface area contributed by atoms with E-state index in [9.17, 15) is 0 Å². The summed E-state index contributed by atoms with van der Waals surface area (Å²) in [5.74, 6) is 0. The molecule has 0 aliphatic heterocycles. The lowest BCUT2D eigenvalue weighted by Gasteiger charge is -2.11. The molecule has 18 heavy (non-hydrogen) atoms. The van der Waals surface area contributed by atoms with Crippen LogP contribution in [0, 0.1) is 0 Å². The van der Waals surface area contributed by atoms with Crippen molar-refractivity contribution in [2.45, 2.75) is 6.61 Å². The van der Waals surface area contributed by atoms with Crippen LogP contribution in [0.15, 0.2) is 67.4 Å². The molecule has 0 aliphatic carbocycles. The fraction of sp³-hybridized carbons (Fsp3) is 0.0588. The maximum atomic E-state index is 5.40. The standard InChI is InChI=1S/C17H14O/c1-2-18-12-17-15-9-5-3-7-13(15)11-14-8-4-6-10-16(14)17/h2-11H,1,12H2. The smallest absolute Gasteiger partial charge is 0.114 e. The largest absolute Gasteiger partial charge is 0.497 e. The topological polar surface area (TPSA) is 9.23 Å². The van der Waals surface area contributed by atoms with Crippen LogP contribution < -0.4 is 0 Å². The highest BCUT2D eigenvalue weighted by molar-refractivity contribution is 6.02. The van der Waals surface area contributed by atoms with Gasteiger partial charge in [-0.05, 0) is 27.6 Å². The molecule has 0 spiro atoms. The second-order valence-electron chi connectivity index (χ2n) is 4.28. The van der Waals surface area contributed by atoms with Crippen molar-refractivity contribution in [3.05, 3.63) is 73.0 Å². The fourth-order valence-electron chi connectivity index (χ4n) is 2.41. The molecule has 0 radical (unpaired) electrons.